The maximum atomic E-state index is 12.1. The van der Waals surface area contributed by atoms with Crippen LogP contribution in [0, 0.1) is 5.92 Å². The number of pyridine rings is 1. The Labute approximate surface area is 136 Å². The van der Waals surface area contributed by atoms with Crippen LogP contribution in [0.4, 0.5) is 0 Å². The van der Waals surface area contributed by atoms with E-state index in [9.17, 15) is 4.79 Å². The first-order valence-electron chi connectivity index (χ1n) is 7.69. The van der Waals surface area contributed by atoms with Crippen molar-refractivity contribution in [3.05, 3.63) is 35.5 Å². The largest absolute Gasteiger partial charge is 0.353 e. The van der Waals surface area contributed by atoms with E-state index in [-0.39, 0.29) is 11.9 Å². The molecule has 0 spiro atoms. The van der Waals surface area contributed by atoms with Crippen LogP contribution >= 0.6 is 11.3 Å². The van der Waals surface area contributed by atoms with E-state index in [2.05, 4.69) is 36.1 Å². The fourth-order valence-electron chi connectivity index (χ4n) is 2.14. The molecule has 5 heteroatoms. The van der Waals surface area contributed by atoms with Crippen molar-refractivity contribution in [1.82, 2.24) is 15.3 Å². The summed E-state index contributed by atoms with van der Waals surface area (Å²) >= 11 is 1.52. The molecule has 118 valence electrons. The quantitative estimate of drug-likeness (QED) is 0.847. The van der Waals surface area contributed by atoms with E-state index < -0.39 is 0 Å². The molecule has 1 atom stereocenters. The second-order valence-electron chi connectivity index (χ2n) is 5.98. The summed E-state index contributed by atoms with van der Waals surface area (Å²) in [6.45, 7) is 6.45. The van der Waals surface area contributed by atoms with E-state index in [4.69, 9.17) is 0 Å². The molecule has 0 aliphatic carbocycles. The van der Waals surface area contributed by atoms with Gasteiger partial charge in [-0.25, -0.2) is 4.98 Å². The van der Waals surface area contributed by atoms with Crippen LogP contribution in [0.3, 0.4) is 0 Å². The number of carbonyl (C=O) groups is 1. The third-order valence-electron chi connectivity index (χ3n) is 3.36. The SMILES string of the molecule is CC(C)CC[C@@H](C)NC(=O)Cc1csc(-c2ccccn2)n1. The van der Waals surface area contributed by atoms with Gasteiger partial charge < -0.3 is 5.32 Å². The number of amides is 1. The second-order valence-corrected chi connectivity index (χ2v) is 6.83. The molecule has 0 aliphatic heterocycles. The number of nitrogens with one attached hydrogen (secondary N) is 1. The highest BCUT2D eigenvalue weighted by molar-refractivity contribution is 7.13. The summed E-state index contributed by atoms with van der Waals surface area (Å²) in [7, 11) is 0. The lowest BCUT2D eigenvalue weighted by Crippen LogP contribution is -2.33. The van der Waals surface area contributed by atoms with Crippen molar-refractivity contribution in [2.24, 2.45) is 5.92 Å². The first-order chi connectivity index (χ1) is 10.5. The van der Waals surface area contributed by atoms with E-state index >= 15 is 0 Å². The molecule has 1 N–H and O–H groups in total. The van der Waals surface area contributed by atoms with Gasteiger partial charge in [-0.1, -0.05) is 19.9 Å². The van der Waals surface area contributed by atoms with Gasteiger partial charge in [0.2, 0.25) is 5.91 Å². The third kappa shape index (κ3) is 5.22. The van der Waals surface area contributed by atoms with Crippen LogP contribution in [0.5, 0.6) is 0 Å². The Balaban J connectivity index is 1.86. The molecule has 0 radical (unpaired) electrons. The summed E-state index contributed by atoms with van der Waals surface area (Å²) in [6, 6.07) is 5.96. The Morgan fingerprint density at radius 1 is 1.27 bits per heavy atom. The predicted octanol–water partition coefficient (Wildman–Crippen LogP) is 3.69. The molecular weight excluding hydrogens is 294 g/mol. The van der Waals surface area contributed by atoms with Crippen molar-refractivity contribution in [2.75, 3.05) is 0 Å². The maximum absolute atomic E-state index is 12.1. The molecule has 0 bridgehead atoms. The minimum absolute atomic E-state index is 0.0362. The lowest BCUT2D eigenvalue weighted by Gasteiger charge is -2.14. The first-order valence-corrected chi connectivity index (χ1v) is 8.57. The average Bonchev–Trinajstić information content (AvgIpc) is 2.94. The third-order valence-corrected chi connectivity index (χ3v) is 4.28. The Morgan fingerprint density at radius 2 is 2.09 bits per heavy atom. The molecule has 2 aromatic rings. The smallest absolute Gasteiger partial charge is 0.226 e. The van der Waals surface area contributed by atoms with Crippen LogP contribution < -0.4 is 5.32 Å². The monoisotopic (exact) mass is 317 g/mol. The normalized spacial score (nSPS) is 12.4. The van der Waals surface area contributed by atoms with Gasteiger partial charge in [0.25, 0.3) is 0 Å². The number of aromatic nitrogens is 2. The van der Waals surface area contributed by atoms with Gasteiger partial charge in [-0.3, -0.25) is 9.78 Å². The fourth-order valence-corrected chi connectivity index (χ4v) is 2.94. The van der Waals surface area contributed by atoms with Gasteiger partial charge in [-0.15, -0.1) is 11.3 Å². The fraction of sp³-hybridized carbons (Fsp3) is 0.471. The molecule has 0 aromatic carbocycles. The number of thiazole rings is 1. The summed E-state index contributed by atoms with van der Waals surface area (Å²) in [6.07, 6.45) is 4.22. The highest BCUT2D eigenvalue weighted by Gasteiger charge is 2.12. The van der Waals surface area contributed by atoms with Gasteiger partial charge >= 0.3 is 0 Å². The lowest BCUT2D eigenvalue weighted by atomic mass is 10.0. The van der Waals surface area contributed by atoms with Crippen molar-refractivity contribution in [1.29, 1.82) is 0 Å². The summed E-state index contributed by atoms with van der Waals surface area (Å²) in [5.41, 5.74) is 1.66. The summed E-state index contributed by atoms with van der Waals surface area (Å²) in [5.74, 6) is 0.702. The van der Waals surface area contributed by atoms with Crippen molar-refractivity contribution in [3.8, 4) is 10.7 Å². The van der Waals surface area contributed by atoms with E-state index in [0.717, 1.165) is 29.2 Å². The van der Waals surface area contributed by atoms with Gasteiger partial charge in [0.15, 0.2) is 0 Å². The van der Waals surface area contributed by atoms with Gasteiger partial charge in [-0.2, -0.15) is 0 Å². The van der Waals surface area contributed by atoms with Gasteiger partial charge in [-0.05, 0) is 37.8 Å². The Morgan fingerprint density at radius 3 is 2.77 bits per heavy atom. The number of nitrogens with zero attached hydrogens (tertiary/aromatic N) is 2. The van der Waals surface area contributed by atoms with E-state index in [1.165, 1.54) is 11.3 Å². The van der Waals surface area contributed by atoms with Crippen LogP contribution in [-0.2, 0) is 11.2 Å². The van der Waals surface area contributed by atoms with Crippen molar-refractivity contribution < 1.29 is 4.79 Å². The molecule has 0 fully saturated rings. The molecule has 2 aromatic heterocycles. The van der Waals surface area contributed by atoms with E-state index in [0.29, 0.717) is 12.3 Å². The van der Waals surface area contributed by atoms with E-state index in [1.807, 2.05) is 23.6 Å². The standard InChI is InChI=1S/C17H23N3OS/c1-12(2)7-8-13(3)19-16(21)10-14-11-22-17(20-14)15-6-4-5-9-18-15/h4-6,9,11-13H,7-8,10H2,1-3H3,(H,19,21)/t13-/m1/s1. The molecule has 0 unspecified atom stereocenters. The maximum Gasteiger partial charge on any atom is 0.226 e. The molecule has 0 aliphatic rings. The van der Waals surface area contributed by atoms with Gasteiger partial charge in [0, 0.05) is 17.6 Å². The molecule has 0 saturated heterocycles. The molecule has 1 amide bonds. The Bertz CT molecular complexity index is 595. The van der Waals surface area contributed by atoms with Crippen LogP contribution in [0.15, 0.2) is 29.8 Å². The molecule has 2 heterocycles. The zero-order chi connectivity index (χ0) is 15.9. The Hall–Kier alpha value is -1.75. The highest BCUT2D eigenvalue weighted by atomic mass is 32.1. The molecule has 2 rings (SSSR count). The average molecular weight is 317 g/mol. The van der Waals surface area contributed by atoms with Crippen LogP contribution in [0.2, 0.25) is 0 Å². The Kier molecular flexibility index (Phi) is 6.07. The molecule has 4 nitrogen and oxygen atoms in total. The van der Waals surface area contributed by atoms with E-state index in [1.54, 1.807) is 6.20 Å². The van der Waals surface area contributed by atoms with Crippen molar-refractivity contribution in [3.63, 3.8) is 0 Å². The number of carbonyl (C=O) groups excluding carboxylic acids is 1. The zero-order valence-electron chi connectivity index (χ0n) is 13.4. The minimum Gasteiger partial charge on any atom is -0.353 e. The van der Waals surface area contributed by atoms with Crippen LogP contribution in [-0.4, -0.2) is 21.9 Å². The number of hydrogen-bond acceptors (Lipinski definition) is 4. The zero-order valence-corrected chi connectivity index (χ0v) is 14.2. The minimum atomic E-state index is 0.0362. The van der Waals surface area contributed by atoms with Crippen molar-refractivity contribution in [2.45, 2.75) is 46.1 Å². The number of rotatable bonds is 7. The molecule has 22 heavy (non-hydrogen) atoms. The lowest BCUT2D eigenvalue weighted by molar-refractivity contribution is -0.121. The highest BCUT2D eigenvalue weighted by Crippen LogP contribution is 2.21. The second kappa shape index (κ2) is 8.03. The predicted molar refractivity (Wildman–Crippen MR) is 90.7 cm³/mol. The van der Waals surface area contributed by atoms with Gasteiger partial charge in [0.05, 0.1) is 17.8 Å². The molecular formula is C17H23N3OS. The van der Waals surface area contributed by atoms with Crippen LogP contribution in [0.1, 0.15) is 39.3 Å². The topological polar surface area (TPSA) is 54.9 Å². The first kappa shape index (κ1) is 16.6. The van der Waals surface area contributed by atoms with Gasteiger partial charge in [0.1, 0.15) is 5.01 Å². The molecule has 0 saturated carbocycles. The van der Waals surface area contributed by atoms with Crippen molar-refractivity contribution >= 4 is 17.2 Å². The van der Waals surface area contributed by atoms with Crippen LogP contribution in [0.25, 0.3) is 10.7 Å². The summed E-state index contributed by atoms with van der Waals surface area (Å²) < 4.78 is 0. The number of hydrogen-bond donors (Lipinski definition) is 1. The summed E-state index contributed by atoms with van der Waals surface area (Å²) in [4.78, 5) is 20.8. The summed E-state index contributed by atoms with van der Waals surface area (Å²) in [5, 5.41) is 5.83.